The van der Waals surface area contributed by atoms with Gasteiger partial charge in [0.15, 0.2) is 5.65 Å². The van der Waals surface area contributed by atoms with E-state index in [1.165, 1.54) is 42.5 Å². The monoisotopic (exact) mass is 728 g/mol. The summed E-state index contributed by atoms with van der Waals surface area (Å²) in [6.07, 6.45) is -3.80. The summed E-state index contributed by atoms with van der Waals surface area (Å²) in [6, 6.07) is 6.53. The number of nitrogens with two attached hydrogens (primary N) is 2. The zero-order valence-electron chi connectivity index (χ0n) is 26.7. The Morgan fingerprint density at radius 3 is 2.43 bits per heavy atom. The molecule has 1 unspecified atom stereocenters. The van der Waals surface area contributed by atoms with Crippen LogP contribution in [0.3, 0.4) is 0 Å². The standard InChI is InChI=1S/C34H27ClF6N8O2/c1-33(2,51)8-7-17-3-4-18(19-5-6-23(35)48-31(19)45-46-32(48)43)25(44-17)21(11-14-9-15(36)12-16(37)10-14)27(30(42)50)49-28-24(26(47-49)29(38)39)20-13-22(20)34(28,40)41/h3-6,9-10,12,20-22,27,29,51H,11,13H2,1-2H3,(H2,42,50)(H2,43,46)/t20-,21+,22+,27?/m0/s1. The number of nitrogens with zero attached hydrogens (tertiary/aromatic N) is 6. The number of carbonyl (C=O) groups is 1. The molecular weight excluding hydrogens is 702 g/mol. The average molecular weight is 729 g/mol. The highest BCUT2D eigenvalue weighted by Crippen LogP contribution is 2.68. The van der Waals surface area contributed by atoms with Crippen LogP contribution in [-0.4, -0.2) is 46.0 Å². The fraction of sp³-hybridized carbons (Fsp3) is 0.324. The molecule has 1 aromatic carbocycles. The minimum atomic E-state index is -3.65. The van der Waals surface area contributed by atoms with Crippen molar-refractivity contribution in [3.05, 3.63) is 93.2 Å². The molecule has 7 rings (SSSR count). The first kappa shape index (κ1) is 34.3. The topological polar surface area (TPSA) is 150 Å². The van der Waals surface area contributed by atoms with Gasteiger partial charge in [0.05, 0.1) is 5.69 Å². The number of halogens is 7. The maximum atomic E-state index is 15.9. The number of carbonyl (C=O) groups excluding carboxylic acids is 1. The van der Waals surface area contributed by atoms with Crippen LogP contribution in [0.2, 0.25) is 5.15 Å². The number of aromatic nitrogens is 6. The molecule has 4 atom stereocenters. The molecule has 0 aliphatic heterocycles. The molecule has 4 heterocycles. The summed E-state index contributed by atoms with van der Waals surface area (Å²) in [7, 11) is 0. The van der Waals surface area contributed by atoms with Crippen LogP contribution in [0, 0.1) is 29.4 Å². The van der Waals surface area contributed by atoms with Gasteiger partial charge in [0.1, 0.15) is 45.5 Å². The molecule has 264 valence electrons. The third kappa shape index (κ3) is 5.93. The summed E-state index contributed by atoms with van der Waals surface area (Å²) in [4.78, 5) is 18.3. The number of hydrogen-bond acceptors (Lipinski definition) is 7. The van der Waals surface area contributed by atoms with Gasteiger partial charge in [-0.25, -0.2) is 27.2 Å². The van der Waals surface area contributed by atoms with Crippen LogP contribution >= 0.6 is 11.6 Å². The summed E-state index contributed by atoms with van der Waals surface area (Å²) in [5.74, 6) is -5.32. The first-order valence-corrected chi connectivity index (χ1v) is 15.9. The number of anilines is 1. The minimum absolute atomic E-state index is 0.0195. The molecule has 0 radical (unpaired) electrons. The fourth-order valence-corrected chi connectivity index (χ4v) is 7.14. The smallest absolute Gasteiger partial charge is 0.293 e. The number of fused-ring (bicyclic) bond motifs is 4. The van der Waals surface area contributed by atoms with Gasteiger partial charge in [-0.2, -0.15) is 13.9 Å². The number of rotatable bonds is 8. The number of primary amides is 1. The molecule has 10 nitrogen and oxygen atoms in total. The van der Waals surface area contributed by atoms with Crippen molar-refractivity contribution in [1.29, 1.82) is 0 Å². The van der Waals surface area contributed by atoms with Crippen LogP contribution in [0.5, 0.6) is 0 Å². The van der Waals surface area contributed by atoms with Crippen LogP contribution in [0.15, 0.2) is 42.5 Å². The predicted octanol–water partition coefficient (Wildman–Crippen LogP) is 5.82. The van der Waals surface area contributed by atoms with Gasteiger partial charge in [0, 0.05) is 34.6 Å². The number of alkyl halides is 4. The van der Waals surface area contributed by atoms with Crippen molar-refractivity contribution in [3.63, 3.8) is 0 Å². The molecule has 4 aromatic heterocycles. The van der Waals surface area contributed by atoms with E-state index in [4.69, 9.17) is 23.1 Å². The second kappa shape index (κ2) is 12.0. The molecule has 2 aliphatic rings. The van der Waals surface area contributed by atoms with E-state index >= 15 is 8.78 Å². The van der Waals surface area contributed by atoms with Crippen molar-refractivity contribution in [1.82, 2.24) is 29.4 Å². The molecule has 5 aromatic rings. The van der Waals surface area contributed by atoms with Crippen LogP contribution in [0.4, 0.5) is 32.3 Å². The van der Waals surface area contributed by atoms with Gasteiger partial charge >= 0.3 is 0 Å². The fourth-order valence-electron chi connectivity index (χ4n) is 6.91. The summed E-state index contributed by atoms with van der Waals surface area (Å²) >= 11 is 6.38. The van der Waals surface area contributed by atoms with Gasteiger partial charge < -0.3 is 16.6 Å². The Hall–Kier alpha value is -5.14. The Morgan fingerprint density at radius 1 is 1.10 bits per heavy atom. The van der Waals surface area contributed by atoms with Gasteiger partial charge in [0.25, 0.3) is 12.3 Å². The van der Waals surface area contributed by atoms with Crippen LogP contribution in [0.25, 0.3) is 16.8 Å². The van der Waals surface area contributed by atoms with Gasteiger partial charge in [-0.05, 0) is 80.5 Å². The summed E-state index contributed by atoms with van der Waals surface area (Å²) in [6.45, 7) is 2.84. The normalized spacial score (nSPS) is 18.6. The second-order valence-electron chi connectivity index (χ2n) is 13.1. The van der Waals surface area contributed by atoms with Gasteiger partial charge in [-0.3, -0.25) is 9.20 Å². The Balaban J connectivity index is 1.54. The lowest BCUT2D eigenvalue weighted by atomic mass is 9.84. The maximum absolute atomic E-state index is 15.9. The molecule has 5 N–H and O–H groups in total. The largest absolute Gasteiger partial charge is 0.378 e. The van der Waals surface area contributed by atoms with Gasteiger partial charge in [-0.1, -0.05) is 17.5 Å². The van der Waals surface area contributed by atoms with E-state index in [9.17, 15) is 27.5 Å². The first-order valence-electron chi connectivity index (χ1n) is 15.5. The molecule has 2 aliphatic carbocycles. The van der Waals surface area contributed by atoms with E-state index < -0.39 is 77.1 Å². The third-order valence-electron chi connectivity index (χ3n) is 9.03. The molecule has 1 amide bonds. The van der Waals surface area contributed by atoms with Crippen molar-refractivity contribution in [2.45, 2.75) is 62.5 Å². The molecule has 17 heteroatoms. The highest BCUT2D eigenvalue weighted by Gasteiger charge is 2.67. The van der Waals surface area contributed by atoms with E-state index in [0.29, 0.717) is 10.7 Å². The molecule has 0 bridgehead atoms. The third-order valence-corrected chi connectivity index (χ3v) is 9.33. The number of amides is 1. The van der Waals surface area contributed by atoms with E-state index in [1.807, 2.05) is 0 Å². The lowest BCUT2D eigenvalue weighted by molar-refractivity contribution is -0.122. The molecule has 51 heavy (non-hydrogen) atoms. The Morgan fingerprint density at radius 2 is 1.78 bits per heavy atom. The first-order chi connectivity index (χ1) is 24.0. The predicted molar refractivity (Wildman–Crippen MR) is 172 cm³/mol. The SMILES string of the molecule is CC(C)(O)C#Cc1ccc(-c2ccc(Cl)n3c(N)nnc23)c([C@@H](Cc2cc(F)cc(F)c2)C(C(N)=O)n2nc(C(F)F)c3c2C(F)(F)[C@@H]2C[C@H]32)n1. The molecule has 0 spiro atoms. The molecule has 0 saturated heterocycles. The van der Waals surface area contributed by atoms with E-state index in [2.05, 4.69) is 32.1 Å². The highest BCUT2D eigenvalue weighted by atomic mass is 35.5. The Labute approximate surface area is 290 Å². The van der Waals surface area contributed by atoms with Gasteiger partial charge in [0.2, 0.25) is 11.9 Å². The Kier molecular flexibility index (Phi) is 8.06. The number of hydrogen-bond donors (Lipinski definition) is 3. The van der Waals surface area contributed by atoms with E-state index in [-0.39, 0.29) is 56.8 Å². The Bertz CT molecular complexity index is 2290. The molecular formula is C34H27ClF6N8O2. The molecule has 1 saturated carbocycles. The zero-order chi connectivity index (χ0) is 36.7. The minimum Gasteiger partial charge on any atom is -0.378 e. The van der Waals surface area contributed by atoms with Crippen LogP contribution in [-0.2, 0) is 17.1 Å². The number of benzene rings is 1. The van der Waals surface area contributed by atoms with Crippen molar-refractivity contribution >= 4 is 29.1 Å². The van der Waals surface area contributed by atoms with E-state index in [1.54, 1.807) is 0 Å². The van der Waals surface area contributed by atoms with Crippen molar-refractivity contribution in [2.24, 2.45) is 11.7 Å². The average Bonchev–Trinajstić information content (AvgIpc) is 3.51. The maximum Gasteiger partial charge on any atom is 0.293 e. The number of nitrogen functional groups attached to an aromatic ring is 1. The zero-order valence-corrected chi connectivity index (χ0v) is 27.4. The van der Waals surface area contributed by atoms with Crippen molar-refractivity contribution < 1.29 is 36.2 Å². The summed E-state index contributed by atoms with van der Waals surface area (Å²) < 4.78 is 91.6. The summed E-state index contributed by atoms with van der Waals surface area (Å²) in [5.41, 5.74) is 8.78. The van der Waals surface area contributed by atoms with Crippen LogP contribution in [0.1, 0.15) is 78.5 Å². The number of aliphatic hydroxyl groups is 1. The van der Waals surface area contributed by atoms with Gasteiger partial charge in [-0.15, -0.1) is 10.2 Å². The second-order valence-corrected chi connectivity index (χ2v) is 13.5. The lowest BCUT2D eigenvalue weighted by Crippen LogP contribution is -2.37. The van der Waals surface area contributed by atoms with E-state index in [0.717, 1.165) is 12.1 Å². The van der Waals surface area contributed by atoms with Crippen molar-refractivity contribution in [2.75, 3.05) is 5.73 Å². The lowest BCUT2D eigenvalue weighted by Gasteiger charge is -2.29. The number of pyridine rings is 2. The van der Waals surface area contributed by atoms with Crippen LogP contribution < -0.4 is 11.5 Å². The molecule has 1 fully saturated rings. The highest BCUT2D eigenvalue weighted by molar-refractivity contribution is 6.30. The van der Waals surface area contributed by atoms with Crippen molar-refractivity contribution in [3.8, 4) is 23.0 Å². The quantitative estimate of drug-likeness (QED) is 0.104. The summed E-state index contributed by atoms with van der Waals surface area (Å²) in [5, 5.41) is 22.3.